The minimum absolute atomic E-state index is 0.0417. The molecule has 67 heavy (non-hydrogen) atoms. The number of hydrogen-bond acceptors (Lipinski definition) is 3. The van der Waals surface area contributed by atoms with Crippen LogP contribution in [-0.4, -0.2) is 12.3 Å². The van der Waals surface area contributed by atoms with Gasteiger partial charge >= 0.3 is 0 Å². The van der Waals surface area contributed by atoms with Gasteiger partial charge < -0.3 is 14.2 Å². The normalized spacial score (nSPS) is 29.1. The maximum absolute atomic E-state index is 6.49. The molecular weight excluding hydrogens is 812 g/mol. The van der Waals surface area contributed by atoms with Crippen molar-refractivity contribution in [3.05, 3.63) is 142 Å². The predicted octanol–water partition coefficient (Wildman–Crippen LogP) is 15.0. The van der Waals surface area contributed by atoms with E-state index in [0.29, 0.717) is 5.92 Å². The van der Waals surface area contributed by atoms with Crippen molar-refractivity contribution < 1.29 is 4.42 Å². The molecule has 7 aromatic rings. The van der Waals surface area contributed by atoms with Crippen LogP contribution in [0.25, 0.3) is 21.9 Å². The predicted molar refractivity (Wildman–Crippen MR) is 283 cm³/mol. The smallest absolute Gasteiger partial charge is 0.247 e. The molecule has 4 heteroatoms. The summed E-state index contributed by atoms with van der Waals surface area (Å²) in [5.41, 5.74) is 24.7. The largest absolute Gasteiger partial charge is 0.456 e. The molecule has 5 unspecified atom stereocenters. The number of furan rings is 1. The zero-order valence-electron chi connectivity index (χ0n) is 41.6. The Kier molecular flexibility index (Phi) is 7.98. The lowest BCUT2D eigenvalue weighted by Crippen LogP contribution is -2.64. The first-order valence-corrected chi connectivity index (χ1v) is 26.2. The molecule has 14 rings (SSSR count). The second-order valence-corrected chi connectivity index (χ2v) is 25.1. The molecule has 5 atom stereocenters. The van der Waals surface area contributed by atoms with Crippen LogP contribution in [0.4, 0.5) is 28.4 Å². The lowest BCUT2D eigenvalue weighted by Gasteiger charge is -2.58. The van der Waals surface area contributed by atoms with Gasteiger partial charge in [-0.3, -0.25) is 0 Å². The van der Waals surface area contributed by atoms with Crippen LogP contribution < -0.4 is 26.2 Å². The van der Waals surface area contributed by atoms with Crippen molar-refractivity contribution in [2.45, 2.75) is 166 Å². The Hall–Kier alpha value is -5.22. The van der Waals surface area contributed by atoms with Gasteiger partial charge in [-0.05, 0) is 179 Å². The van der Waals surface area contributed by atoms with Crippen molar-refractivity contribution in [3.63, 3.8) is 0 Å². The average Bonchev–Trinajstić information content (AvgIpc) is 3.78. The summed E-state index contributed by atoms with van der Waals surface area (Å²) in [5, 5.41) is 2.35. The van der Waals surface area contributed by atoms with Gasteiger partial charge in [0.15, 0.2) is 0 Å². The van der Waals surface area contributed by atoms with Gasteiger partial charge in [0.25, 0.3) is 0 Å². The van der Waals surface area contributed by atoms with Crippen molar-refractivity contribution in [2.75, 3.05) is 9.80 Å². The Bertz CT molecular complexity index is 3320. The third-order valence-electron chi connectivity index (χ3n) is 20.8. The summed E-state index contributed by atoms with van der Waals surface area (Å²) >= 11 is 0. The first-order valence-electron chi connectivity index (χ1n) is 26.2. The van der Waals surface area contributed by atoms with E-state index in [1.54, 1.807) is 38.8 Å². The summed E-state index contributed by atoms with van der Waals surface area (Å²) in [6.07, 6.45) is 13.9. The van der Waals surface area contributed by atoms with Gasteiger partial charge in [0.1, 0.15) is 11.2 Å². The highest BCUT2D eigenvalue weighted by Gasteiger charge is 2.60. The quantitative estimate of drug-likeness (QED) is 0.161. The lowest BCUT2D eigenvalue weighted by atomic mass is 9.29. The monoisotopic (exact) mass is 879 g/mol. The number of hydrogen-bond donors (Lipinski definition) is 0. The molecule has 4 heterocycles. The minimum atomic E-state index is -0.0610. The zero-order chi connectivity index (χ0) is 45.8. The number of rotatable bonds is 2. The van der Waals surface area contributed by atoms with Gasteiger partial charge in [0, 0.05) is 50.5 Å². The maximum atomic E-state index is 6.49. The van der Waals surface area contributed by atoms with Gasteiger partial charge in [-0.25, -0.2) is 0 Å². The highest BCUT2D eigenvalue weighted by molar-refractivity contribution is 6.99. The first-order chi connectivity index (χ1) is 32.1. The summed E-state index contributed by atoms with van der Waals surface area (Å²) in [7, 11) is 0. The van der Waals surface area contributed by atoms with E-state index in [-0.39, 0.29) is 39.3 Å². The third kappa shape index (κ3) is 5.06. The van der Waals surface area contributed by atoms with Gasteiger partial charge in [-0.15, -0.1) is 0 Å². The van der Waals surface area contributed by atoms with Gasteiger partial charge in [0.2, 0.25) is 6.71 Å². The number of fused-ring (bicyclic) bond motifs is 13. The second-order valence-electron chi connectivity index (χ2n) is 25.1. The highest BCUT2D eigenvalue weighted by Crippen LogP contribution is 2.65. The van der Waals surface area contributed by atoms with Crippen molar-refractivity contribution in [2.24, 2.45) is 5.41 Å². The molecule has 338 valence electrons. The van der Waals surface area contributed by atoms with Crippen molar-refractivity contribution >= 4 is 73.5 Å². The van der Waals surface area contributed by atoms with Crippen LogP contribution in [0.5, 0.6) is 0 Å². The van der Waals surface area contributed by atoms with E-state index in [9.17, 15) is 0 Å². The Morgan fingerprint density at radius 3 is 2.07 bits per heavy atom. The van der Waals surface area contributed by atoms with E-state index in [4.69, 9.17) is 4.42 Å². The van der Waals surface area contributed by atoms with Crippen molar-refractivity contribution in [1.29, 1.82) is 0 Å². The van der Waals surface area contributed by atoms with E-state index in [2.05, 4.69) is 175 Å². The number of para-hydroxylation sites is 1. The molecule has 0 radical (unpaired) electrons. The fourth-order valence-corrected chi connectivity index (χ4v) is 16.5. The molecule has 7 aliphatic rings. The number of nitrogens with zero attached hydrogens (tertiary/aromatic N) is 2. The Balaban J connectivity index is 1.05. The van der Waals surface area contributed by atoms with E-state index in [1.165, 1.54) is 126 Å². The van der Waals surface area contributed by atoms with Crippen molar-refractivity contribution in [3.8, 4) is 0 Å². The highest BCUT2D eigenvalue weighted by atomic mass is 16.3. The standard InChI is InChI=1S/C63H67BN2O/c1-38-31-43-44-37-60(6)25-12-13-26-61(60,7)45-18-16-19-50(56(44)45)64-49-23-21-40(34-52(49)65(53(32-38)57(43)64)39-22-24-55-42(33-39)41-17-10-11-20-54(41)67-55)66-51-36-47-46(58(2,3)29-30-59(47,4)5)35-48(51)62(8)27-14-15-28-63(62,66)9/h10-11,16-24,31-36,44H,12-15,25-30,37H2,1-9H3. The Morgan fingerprint density at radius 1 is 0.537 bits per heavy atom. The second kappa shape index (κ2) is 13.1. The molecule has 0 N–H and O–H groups in total. The number of anilines is 5. The lowest BCUT2D eigenvalue weighted by molar-refractivity contribution is 0.0603. The van der Waals surface area contributed by atoms with Gasteiger partial charge in [0.05, 0.1) is 5.54 Å². The van der Waals surface area contributed by atoms with Crippen LogP contribution in [-0.2, 0) is 21.7 Å². The summed E-state index contributed by atoms with van der Waals surface area (Å²) < 4.78 is 6.49. The molecule has 0 spiro atoms. The van der Waals surface area contributed by atoms with Crippen LogP contribution in [0.2, 0.25) is 0 Å². The van der Waals surface area contributed by atoms with Crippen LogP contribution in [0, 0.1) is 12.3 Å². The fraction of sp³-hybridized carbons (Fsp3) is 0.429. The number of aryl methyl sites for hydroxylation is 1. The Labute approximate surface area is 399 Å². The SMILES string of the molecule is Cc1cc2c3c(c1)N(c1ccc4oc5ccccc5c4c1)c1cc(N4c5cc6c(cc5C5(C)CCCCC45C)C(C)(C)CCC6(C)C)ccc1B3c1cccc3c1C2CC1(C)CCCCC31C. The van der Waals surface area contributed by atoms with E-state index in [1.807, 2.05) is 0 Å². The van der Waals surface area contributed by atoms with Crippen LogP contribution in [0.3, 0.4) is 0 Å². The van der Waals surface area contributed by atoms with E-state index < -0.39 is 0 Å². The minimum Gasteiger partial charge on any atom is -0.456 e. The molecule has 3 aliphatic heterocycles. The molecule has 2 fully saturated rings. The summed E-state index contributed by atoms with van der Waals surface area (Å²) in [6.45, 7) is 23.1. The molecule has 0 saturated heterocycles. The summed E-state index contributed by atoms with van der Waals surface area (Å²) in [5.74, 6) is 0.389. The summed E-state index contributed by atoms with van der Waals surface area (Å²) in [4.78, 5) is 5.55. The van der Waals surface area contributed by atoms with E-state index >= 15 is 0 Å². The average molecular weight is 879 g/mol. The Morgan fingerprint density at radius 2 is 1.25 bits per heavy atom. The molecule has 3 nitrogen and oxygen atoms in total. The molecule has 4 aliphatic carbocycles. The molecular formula is C63H67BN2O. The molecule has 6 aromatic carbocycles. The van der Waals surface area contributed by atoms with Crippen LogP contribution in [0.1, 0.15) is 171 Å². The first kappa shape index (κ1) is 40.8. The molecule has 0 amide bonds. The zero-order valence-corrected chi connectivity index (χ0v) is 41.6. The van der Waals surface area contributed by atoms with Gasteiger partial charge in [-0.2, -0.15) is 0 Å². The maximum Gasteiger partial charge on any atom is 0.247 e. The summed E-state index contributed by atoms with van der Waals surface area (Å²) in [6, 6.07) is 41.4. The van der Waals surface area contributed by atoms with Gasteiger partial charge in [-0.1, -0.05) is 134 Å². The molecule has 2 saturated carbocycles. The topological polar surface area (TPSA) is 19.6 Å². The third-order valence-corrected chi connectivity index (χ3v) is 20.8. The fourth-order valence-electron chi connectivity index (χ4n) is 16.5. The van der Waals surface area contributed by atoms with Crippen LogP contribution in [0.15, 0.2) is 108 Å². The van der Waals surface area contributed by atoms with E-state index in [0.717, 1.165) is 11.2 Å². The van der Waals surface area contributed by atoms with Crippen LogP contribution >= 0.6 is 0 Å². The number of benzene rings is 6. The molecule has 0 bridgehead atoms. The van der Waals surface area contributed by atoms with Crippen molar-refractivity contribution in [1.82, 2.24) is 0 Å². The molecule has 1 aromatic heterocycles.